The zero-order valence-corrected chi connectivity index (χ0v) is 19.9. The van der Waals surface area contributed by atoms with Crippen molar-refractivity contribution in [2.24, 2.45) is 10.8 Å². The van der Waals surface area contributed by atoms with Crippen molar-refractivity contribution in [1.29, 1.82) is 5.26 Å². The molecule has 2 saturated carbocycles. The molecule has 6 rings (SSSR count). The second-order valence-corrected chi connectivity index (χ2v) is 10.9. The highest BCUT2D eigenvalue weighted by Gasteiger charge is 2.80. The number of pyridine rings is 1. The van der Waals surface area contributed by atoms with E-state index >= 15 is 0 Å². The number of nitrogens with zero attached hydrogens (tertiary/aromatic N) is 6. The second-order valence-electron chi connectivity index (χ2n) is 10.9. The Bertz CT molecular complexity index is 1340. The van der Waals surface area contributed by atoms with Gasteiger partial charge in [-0.1, -0.05) is 12.1 Å². The van der Waals surface area contributed by atoms with Crippen LogP contribution < -0.4 is 0 Å². The Morgan fingerprint density at radius 2 is 1.97 bits per heavy atom. The van der Waals surface area contributed by atoms with Crippen LogP contribution in [0.4, 0.5) is 0 Å². The third-order valence-corrected chi connectivity index (χ3v) is 8.52. The lowest BCUT2D eigenvalue weighted by molar-refractivity contribution is -0.0425. The van der Waals surface area contributed by atoms with Gasteiger partial charge in [0.15, 0.2) is 0 Å². The summed E-state index contributed by atoms with van der Waals surface area (Å²) in [7, 11) is 0. The molecule has 1 amide bonds. The van der Waals surface area contributed by atoms with E-state index in [-0.39, 0.29) is 22.8 Å². The molecule has 178 valence electrons. The fraction of sp³-hybridized carbons (Fsp3) is 0.444. The first-order valence-electron chi connectivity index (χ1n) is 12.1. The minimum Gasteiger partial charge on any atom is -0.388 e. The molecule has 2 aromatic heterocycles. The van der Waals surface area contributed by atoms with Crippen LogP contribution in [-0.2, 0) is 0 Å². The predicted octanol–water partition coefficient (Wildman–Crippen LogP) is 3.47. The molecule has 8 heteroatoms. The van der Waals surface area contributed by atoms with Crippen LogP contribution in [0, 0.1) is 22.2 Å². The number of likely N-dealkylation sites (tertiary alicyclic amines) is 1. The molecule has 3 heterocycles. The lowest BCUT2D eigenvalue weighted by Crippen LogP contribution is -2.57. The number of fused-ring (bicyclic) bond motifs is 1. The molecule has 1 N–H and O–H groups in total. The molecule has 3 aliphatic rings. The highest BCUT2D eigenvalue weighted by atomic mass is 16.3. The first-order valence-corrected chi connectivity index (χ1v) is 12.1. The predicted molar refractivity (Wildman–Crippen MR) is 128 cm³/mol. The number of aliphatic hydroxyl groups is 1. The molecule has 3 unspecified atom stereocenters. The molecule has 4 atom stereocenters. The monoisotopic (exact) mass is 468 g/mol. The van der Waals surface area contributed by atoms with Gasteiger partial charge in [-0.15, -0.1) is 0 Å². The summed E-state index contributed by atoms with van der Waals surface area (Å²) >= 11 is 0. The van der Waals surface area contributed by atoms with E-state index in [1.54, 1.807) is 38.5 Å². The van der Waals surface area contributed by atoms with Gasteiger partial charge in [0.2, 0.25) is 0 Å². The van der Waals surface area contributed by atoms with Gasteiger partial charge < -0.3 is 10.0 Å². The van der Waals surface area contributed by atoms with Gasteiger partial charge in [-0.25, -0.2) is 0 Å². The summed E-state index contributed by atoms with van der Waals surface area (Å²) in [6, 6.07) is 12.9. The van der Waals surface area contributed by atoms with Gasteiger partial charge in [0.25, 0.3) is 5.91 Å². The van der Waals surface area contributed by atoms with E-state index < -0.39 is 5.60 Å². The van der Waals surface area contributed by atoms with Gasteiger partial charge in [-0.2, -0.15) is 20.3 Å². The SMILES string of the molecule is CC(C)(O)[C@@H]1CCC2(CN1C(=O)c1ccccc1-n1nccn1)CC21CC1c1cc(C#N)ccn1. The summed E-state index contributed by atoms with van der Waals surface area (Å²) in [5.74, 6) is 0.222. The quantitative estimate of drug-likeness (QED) is 0.628. The minimum atomic E-state index is -1.02. The van der Waals surface area contributed by atoms with E-state index in [0.717, 1.165) is 31.4 Å². The van der Waals surface area contributed by atoms with Crippen molar-refractivity contribution in [2.75, 3.05) is 6.54 Å². The smallest absolute Gasteiger partial charge is 0.256 e. The van der Waals surface area contributed by atoms with Gasteiger partial charge in [0, 0.05) is 24.4 Å². The van der Waals surface area contributed by atoms with Gasteiger partial charge in [0.05, 0.1) is 46.9 Å². The molecular formula is C27H28N6O2. The van der Waals surface area contributed by atoms with E-state index in [2.05, 4.69) is 21.3 Å². The zero-order valence-electron chi connectivity index (χ0n) is 19.9. The Kier molecular flexibility index (Phi) is 4.68. The summed E-state index contributed by atoms with van der Waals surface area (Å²) < 4.78 is 0. The molecular weight excluding hydrogens is 440 g/mol. The van der Waals surface area contributed by atoms with Crippen molar-refractivity contribution in [3.05, 3.63) is 71.8 Å². The Balaban J connectivity index is 1.32. The molecule has 1 aromatic carbocycles. The second kappa shape index (κ2) is 7.46. The van der Waals surface area contributed by atoms with Gasteiger partial charge >= 0.3 is 0 Å². The van der Waals surface area contributed by atoms with Gasteiger partial charge in [-0.05, 0) is 74.6 Å². The number of carbonyl (C=O) groups excluding carboxylic acids is 1. The number of hydrogen-bond acceptors (Lipinski definition) is 6. The third kappa shape index (κ3) is 3.37. The lowest BCUT2D eigenvalue weighted by atomic mass is 9.80. The standard InChI is InChI=1S/C27H28N6O2/c1-25(2,35)23-7-9-26(16-27(26)14-20(27)21-13-18(15-28)8-10-29-21)17-32(23)24(34)19-5-3-4-6-22(19)33-30-11-12-31-33/h3-6,8,10-13,20,23,35H,7,9,14,16-17H2,1-2H3/t20?,23-,26?,27?/m0/s1. The van der Waals surface area contributed by atoms with Crippen molar-refractivity contribution in [2.45, 2.75) is 57.1 Å². The maximum Gasteiger partial charge on any atom is 0.256 e. The minimum absolute atomic E-state index is 0.0261. The lowest BCUT2D eigenvalue weighted by Gasteiger charge is -2.46. The number of para-hydroxylation sites is 1. The number of benzene rings is 1. The first-order chi connectivity index (χ1) is 16.8. The molecule has 2 spiro atoms. The van der Waals surface area contributed by atoms with Crippen molar-refractivity contribution >= 4 is 5.91 Å². The van der Waals surface area contributed by atoms with Crippen LogP contribution >= 0.6 is 0 Å². The number of hydrogen-bond donors (Lipinski definition) is 1. The maximum absolute atomic E-state index is 14.1. The Morgan fingerprint density at radius 3 is 2.71 bits per heavy atom. The Morgan fingerprint density at radius 1 is 1.20 bits per heavy atom. The van der Waals surface area contributed by atoms with Crippen LogP contribution in [0.1, 0.15) is 67.1 Å². The average Bonchev–Trinajstić information content (AvgIpc) is 3.62. The van der Waals surface area contributed by atoms with Crippen LogP contribution in [0.3, 0.4) is 0 Å². The molecule has 2 aliphatic carbocycles. The van der Waals surface area contributed by atoms with Gasteiger partial charge in [0.1, 0.15) is 0 Å². The molecule has 35 heavy (non-hydrogen) atoms. The number of nitriles is 1. The third-order valence-electron chi connectivity index (χ3n) is 8.52. The molecule has 0 radical (unpaired) electrons. The Hall–Kier alpha value is -3.57. The highest BCUT2D eigenvalue weighted by molar-refractivity contribution is 5.98. The highest BCUT2D eigenvalue weighted by Crippen LogP contribution is 2.86. The van der Waals surface area contributed by atoms with Gasteiger partial charge in [-0.3, -0.25) is 9.78 Å². The zero-order chi connectivity index (χ0) is 24.4. The summed E-state index contributed by atoms with van der Waals surface area (Å²) in [4.78, 5) is 22.0. The summed E-state index contributed by atoms with van der Waals surface area (Å²) in [5, 5.41) is 28.8. The van der Waals surface area contributed by atoms with E-state index in [9.17, 15) is 15.2 Å². The number of amides is 1. The van der Waals surface area contributed by atoms with Crippen molar-refractivity contribution < 1.29 is 9.90 Å². The van der Waals surface area contributed by atoms with Crippen LogP contribution in [0.25, 0.3) is 5.69 Å². The average molecular weight is 469 g/mol. The maximum atomic E-state index is 14.1. The normalized spacial score (nSPS) is 29.3. The largest absolute Gasteiger partial charge is 0.388 e. The number of aromatic nitrogens is 4. The molecule has 0 bridgehead atoms. The molecule has 3 aromatic rings. The van der Waals surface area contributed by atoms with Crippen molar-refractivity contribution in [3.8, 4) is 11.8 Å². The fourth-order valence-corrected chi connectivity index (χ4v) is 6.65. The molecule has 3 fully saturated rings. The van der Waals surface area contributed by atoms with E-state index in [1.165, 1.54) is 4.80 Å². The summed E-state index contributed by atoms with van der Waals surface area (Å²) in [6.45, 7) is 4.18. The number of piperidine rings is 1. The molecule has 8 nitrogen and oxygen atoms in total. The summed E-state index contributed by atoms with van der Waals surface area (Å²) in [5.41, 5.74) is 1.92. The molecule has 1 saturated heterocycles. The van der Waals surface area contributed by atoms with Crippen molar-refractivity contribution in [3.63, 3.8) is 0 Å². The van der Waals surface area contributed by atoms with Crippen LogP contribution in [0.5, 0.6) is 0 Å². The Labute approximate surface area is 204 Å². The van der Waals surface area contributed by atoms with E-state index in [4.69, 9.17) is 0 Å². The van der Waals surface area contributed by atoms with E-state index in [0.29, 0.717) is 29.3 Å². The van der Waals surface area contributed by atoms with Crippen LogP contribution in [-0.4, -0.2) is 54.1 Å². The van der Waals surface area contributed by atoms with Crippen LogP contribution in [0.2, 0.25) is 0 Å². The van der Waals surface area contributed by atoms with Crippen molar-refractivity contribution in [1.82, 2.24) is 24.9 Å². The van der Waals surface area contributed by atoms with Crippen LogP contribution in [0.15, 0.2) is 55.0 Å². The number of carbonyl (C=O) groups is 1. The first kappa shape index (κ1) is 21.9. The molecule has 1 aliphatic heterocycles. The fourth-order valence-electron chi connectivity index (χ4n) is 6.65. The number of rotatable bonds is 4. The topological polar surface area (TPSA) is 108 Å². The summed E-state index contributed by atoms with van der Waals surface area (Å²) in [6.07, 6.45) is 8.71. The van der Waals surface area contributed by atoms with E-state index in [1.807, 2.05) is 35.2 Å².